The van der Waals surface area contributed by atoms with Crippen LogP contribution in [0.3, 0.4) is 0 Å². The van der Waals surface area contributed by atoms with Crippen LogP contribution in [0.25, 0.3) is 0 Å². The minimum Gasteiger partial charge on any atom is -0.395 e. The van der Waals surface area contributed by atoms with Crippen molar-refractivity contribution in [1.29, 1.82) is 0 Å². The van der Waals surface area contributed by atoms with Crippen molar-refractivity contribution in [3.8, 4) is 0 Å². The van der Waals surface area contributed by atoms with Gasteiger partial charge in [0.1, 0.15) is 5.76 Å². The molecular formula is C9H12F2N2O3. The van der Waals surface area contributed by atoms with Gasteiger partial charge in [0.2, 0.25) is 0 Å². The Morgan fingerprint density at radius 1 is 1.69 bits per heavy atom. The molecule has 1 aromatic heterocycles. The summed E-state index contributed by atoms with van der Waals surface area (Å²) in [5, 5.41) is 12.1. The van der Waals surface area contributed by atoms with Gasteiger partial charge in [0.25, 0.3) is 12.3 Å². The molecule has 0 saturated heterocycles. The van der Waals surface area contributed by atoms with Crippen molar-refractivity contribution in [1.82, 2.24) is 10.1 Å². The molecule has 90 valence electrons. The predicted molar refractivity (Wildman–Crippen MR) is 50.2 cm³/mol. The van der Waals surface area contributed by atoms with E-state index in [9.17, 15) is 13.6 Å². The molecule has 1 aromatic rings. The minimum absolute atomic E-state index is 0.0356. The number of aromatic nitrogens is 1. The molecule has 0 unspecified atom stereocenters. The van der Waals surface area contributed by atoms with Crippen molar-refractivity contribution in [3.63, 3.8) is 0 Å². The van der Waals surface area contributed by atoms with Gasteiger partial charge in [-0.15, -0.1) is 0 Å². The average Bonchev–Trinajstić information content (AvgIpc) is 2.62. The maximum Gasteiger partial charge on any atom is 0.276 e. The molecule has 1 N–H and O–H groups in total. The Kier molecular flexibility index (Phi) is 4.36. The molecule has 0 radical (unpaired) electrons. The van der Waals surface area contributed by atoms with Crippen molar-refractivity contribution in [2.45, 2.75) is 13.3 Å². The summed E-state index contributed by atoms with van der Waals surface area (Å²) >= 11 is 0. The highest BCUT2D eigenvalue weighted by Gasteiger charge is 2.21. The van der Waals surface area contributed by atoms with Crippen LogP contribution < -0.4 is 0 Å². The van der Waals surface area contributed by atoms with Gasteiger partial charge in [0.05, 0.1) is 13.2 Å². The Balaban J connectivity index is 2.74. The largest absolute Gasteiger partial charge is 0.395 e. The summed E-state index contributed by atoms with van der Waals surface area (Å²) in [6, 6.07) is 1.36. The Hall–Kier alpha value is -1.50. The summed E-state index contributed by atoms with van der Waals surface area (Å²) in [5.74, 6) is -0.254. The van der Waals surface area contributed by atoms with Crippen LogP contribution in [0, 0.1) is 6.92 Å². The van der Waals surface area contributed by atoms with Gasteiger partial charge in [-0.1, -0.05) is 5.16 Å². The number of aliphatic hydroxyl groups excluding tert-OH is 1. The molecule has 7 heteroatoms. The third kappa shape index (κ3) is 3.27. The highest BCUT2D eigenvalue weighted by Crippen LogP contribution is 2.07. The monoisotopic (exact) mass is 234 g/mol. The summed E-state index contributed by atoms with van der Waals surface area (Å²) in [4.78, 5) is 12.5. The smallest absolute Gasteiger partial charge is 0.276 e. The summed E-state index contributed by atoms with van der Waals surface area (Å²) in [7, 11) is 0. The molecular weight excluding hydrogens is 222 g/mol. The van der Waals surface area contributed by atoms with E-state index in [4.69, 9.17) is 5.11 Å². The van der Waals surface area contributed by atoms with E-state index in [0.29, 0.717) is 5.76 Å². The van der Waals surface area contributed by atoms with Gasteiger partial charge in [-0.25, -0.2) is 8.78 Å². The molecule has 0 spiro atoms. The second kappa shape index (κ2) is 5.55. The number of rotatable bonds is 5. The fraction of sp³-hybridized carbons (Fsp3) is 0.556. The molecule has 0 fully saturated rings. The first-order chi connectivity index (χ1) is 7.54. The zero-order valence-corrected chi connectivity index (χ0v) is 8.69. The standard InChI is InChI=1S/C9H12F2N2O3/c1-6-4-7(12-16-6)9(15)13(2-3-14)5-8(10)11/h4,8,14H,2-3,5H2,1H3. The fourth-order valence-corrected chi connectivity index (χ4v) is 1.19. The number of alkyl halides is 2. The number of aryl methyl sites for hydroxylation is 1. The van der Waals surface area contributed by atoms with Gasteiger partial charge in [-0.2, -0.15) is 0 Å². The number of amides is 1. The topological polar surface area (TPSA) is 66.6 Å². The molecule has 1 amide bonds. The molecule has 16 heavy (non-hydrogen) atoms. The van der Waals surface area contributed by atoms with Crippen LogP contribution in [0.2, 0.25) is 0 Å². The van der Waals surface area contributed by atoms with E-state index < -0.39 is 18.9 Å². The van der Waals surface area contributed by atoms with Crippen LogP contribution in [0.1, 0.15) is 16.2 Å². The predicted octanol–water partition coefficient (Wildman–Crippen LogP) is 0.683. The summed E-state index contributed by atoms with van der Waals surface area (Å²) < 4.78 is 29.0. The van der Waals surface area contributed by atoms with E-state index in [1.807, 2.05) is 0 Å². The lowest BCUT2D eigenvalue weighted by molar-refractivity contribution is 0.0500. The van der Waals surface area contributed by atoms with Crippen LogP contribution >= 0.6 is 0 Å². The molecule has 0 saturated carbocycles. The van der Waals surface area contributed by atoms with Crippen LogP contribution in [0.5, 0.6) is 0 Å². The van der Waals surface area contributed by atoms with Gasteiger partial charge in [-0.05, 0) is 6.92 Å². The second-order valence-corrected chi connectivity index (χ2v) is 3.19. The van der Waals surface area contributed by atoms with Crippen LogP contribution in [0.15, 0.2) is 10.6 Å². The second-order valence-electron chi connectivity index (χ2n) is 3.19. The van der Waals surface area contributed by atoms with Gasteiger partial charge >= 0.3 is 0 Å². The molecule has 0 aromatic carbocycles. The van der Waals surface area contributed by atoms with E-state index >= 15 is 0 Å². The first-order valence-corrected chi connectivity index (χ1v) is 4.66. The normalized spacial score (nSPS) is 10.8. The molecule has 1 heterocycles. The van der Waals surface area contributed by atoms with Gasteiger partial charge in [-0.3, -0.25) is 4.79 Å². The first kappa shape index (κ1) is 12.6. The van der Waals surface area contributed by atoms with Crippen molar-refractivity contribution < 1.29 is 23.2 Å². The summed E-state index contributed by atoms with van der Waals surface area (Å²) in [5.41, 5.74) is -0.0356. The Morgan fingerprint density at radius 2 is 2.38 bits per heavy atom. The number of hydrogen-bond donors (Lipinski definition) is 1. The molecule has 0 aliphatic heterocycles. The van der Waals surface area contributed by atoms with Crippen LogP contribution in [-0.2, 0) is 0 Å². The number of carbonyl (C=O) groups excluding carboxylic acids is 1. The zero-order valence-electron chi connectivity index (χ0n) is 8.69. The highest BCUT2D eigenvalue weighted by atomic mass is 19.3. The minimum atomic E-state index is -2.65. The number of nitrogens with zero attached hydrogens (tertiary/aromatic N) is 2. The summed E-state index contributed by atoms with van der Waals surface area (Å²) in [6.45, 7) is 0.322. The Bertz CT molecular complexity index is 354. The van der Waals surface area contributed by atoms with E-state index in [1.165, 1.54) is 6.07 Å². The Morgan fingerprint density at radius 3 is 2.81 bits per heavy atom. The summed E-state index contributed by atoms with van der Waals surface area (Å²) in [6.07, 6.45) is -2.65. The third-order valence-corrected chi connectivity index (χ3v) is 1.86. The average molecular weight is 234 g/mol. The molecule has 1 rings (SSSR count). The maximum absolute atomic E-state index is 12.2. The zero-order chi connectivity index (χ0) is 12.1. The SMILES string of the molecule is Cc1cc(C(=O)N(CCO)CC(F)F)no1. The van der Waals surface area contributed by atoms with Gasteiger partial charge < -0.3 is 14.5 Å². The quantitative estimate of drug-likeness (QED) is 0.813. The van der Waals surface area contributed by atoms with Crippen LogP contribution in [-0.4, -0.2) is 47.2 Å². The lowest BCUT2D eigenvalue weighted by Crippen LogP contribution is -2.37. The molecule has 0 bridgehead atoms. The van der Waals surface area contributed by atoms with E-state index in [-0.39, 0.29) is 18.8 Å². The maximum atomic E-state index is 12.2. The lowest BCUT2D eigenvalue weighted by Gasteiger charge is -2.19. The van der Waals surface area contributed by atoms with E-state index in [2.05, 4.69) is 9.68 Å². The molecule has 0 aliphatic carbocycles. The third-order valence-electron chi connectivity index (χ3n) is 1.86. The van der Waals surface area contributed by atoms with Gasteiger partial charge in [0, 0.05) is 12.6 Å². The number of aliphatic hydroxyl groups is 1. The van der Waals surface area contributed by atoms with Crippen molar-refractivity contribution in [3.05, 3.63) is 17.5 Å². The molecule has 0 aliphatic rings. The van der Waals surface area contributed by atoms with Crippen molar-refractivity contribution >= 4 is 5.91 Å². The molecule has 0 atom stereocenters. The van der Waals surface area contributed by atoms with Gasteiger partial charge in [0.15, 0.2) is 5.69 Å². The number of halogens is 2. The van der Waals surface area contributed by atoms with Crippen LogP contribution in [0.4, 0.5) is 8.78 Å². The van der Waals surface area contributed by atoms with E-state index in [1.54, 1.807) is 6.92 Å². The lowest BCUT2D eigenvalue weighted by atomic mass is 10.3. The Labute approximate surface area is 90.6 Å². The first-order valence-electron chi connectivity index (χ1n) is 4.66. The highest BCUT2D eigenvalue weighted by molar-refractivity contribution is 5.92. The molecule has 5 nitrogen and oxygen atoms in total. The van der Waals surface area contributed by atoms with Crippen molar-refractivity contribution in [2.24, 2.45) is 0 Å². The van der Waals surface area contributed by atoms with E-state index in [0.717, 1.165) is 4.90 Å². The number of carbonyl (C=O) groups is 1. The number of hydrogen-bond acceptors (Lipinski definition) is 4. The van der Waals surface area contributed by atoms with Crippen molar-refractivity contribution in [2.75, 3.05) is 19.7 Å². The fourth-order valence-electron chi connectivity index (χ4n) is 1.19.